The third kappa shape index (κ3) is 4.14. The zero-order valence-corrected chi connectivity index (χ0v) is 15.2. The molecule has 1 aromatic carbocycles. The first-order valence-corrected chi connectivity index (χ1v) is 9.34. The lowest BCUT2D eigenvalue weighted by atomic mass is 9.67. The van der Waals surface area contributed by atoms with Crippen LogP contribution in [0.2, 0.25) is 0 Å². The predicted octanol–water partition coefficient (Wildman–Crippen LogP) is 0.317. The Hall–Kier alpha value is -0.900. The Morgan fingerprint density at radius 3 is 2.39 bits per heavy atom. The molecule has 0 bridgehead atoms. The number of ether oxygens (including phenoxy) is 1. The van der Waals surface area contributed by atoms with Gasteiger partial charge in [-0.1, -0.05) is 30.3 Å². The maximum absolute atomic E-state index is 6.04. The lowest BCUT2D eigenvalue weighted by molar-refractivity contribution is -1.00. The maximum atomic E-state index is 6.04. The van der Waals surface area contributed by atoms with Crippen LogP contribution in [0.3, 0.4) is 0 Å². The number of rotatable bonds is 4. The molecule has 0 amide bonds. The van der Waals surface area contributed by atoms with Gasteiger partial charge in [-0.25, -0.2) is 0 Å². The summed E-state index contributed by atoms with van der Waals surface area (Å²) in [6.07, 6.45) is 3.60. The second-order valence-corrected chi connectivity index (χ2v) is 8.39. The van der Waals surface area contributed by atoms with Gasteiger partial charge in [0.1, 0.15) is 26.2 Å². The van der Waals surface area contributed by atoms with Gasteiger partial charge in [-0.2, -0.15) is 0 Å². The molecule has 0 saturated carbocycles. The van der Waals surface area contributed by atoms with Crippen LogP contribution < -0.4 is 9.80 Å². The summed E-state index contributed by atoms with van der Waals surface area (Å²) in [6, 6.07) is 11.2. The second-order valence-electron chi connectivity index (χ2n) is 8.39. The minimum Gasteiger partial charge on any atom is -0.376 e. The van der Waals surface area contributed by atoms with Crippen molar-refractivity contribution in [3.63, 3.8) is 0 Å². The molecule has 23 heavy (non-hydrogen) atoms. The summed E-state index contributed by atoms with van der Waals surface area (Å²) in [4.78, 5) is 3.49. The zero-order valence-electron chi connectivity index (χ0n) is 15.2. The van der Waals surface area contributed by atoms with Gasteiger partial charge in [0.2, 0.25) is 0 Å². The first-order chi connectivity index (χ1) is 11.0. The Morgan fingerprint density at radius 1 is 1.04 bits per heavy atom. The highest BCUT2D eigenvalue weighted by atomic mass is 16.5. The molecular formula is C20H34N2O+2. The molecule has 0 aliphatic carbocycles. The second kappa shape index (κ2) is 6.92. The number of hydrogen-bond acceptors (Lipinski definition) is 1. The Bertz CT molecular complexity index is 494. The van der Waals surface area contributed by atoms with E-state index in [0.717, 1.165) is 13.0 Å². The van der Waals surface area contributed by atoms with Crippen molar-refractivity contribution in [3.05, 3.63) is 35.9 Å². The van der Waals surface area contributed by atoms with Crippen molar-refractivity contribution in [2.75, 3.05) is 46.4 Å². The number of quaternary nitrogens is 2. The van der Waals surface area contributed by atoms with E-state index in [1.54, 1.807) is 9.80 Å². The molecule has 2 N–H and O–H groups in total. The van der Waals surface area contributed by atoms with Gasteiger partial charge >= 0.3 is 0 Å². The smallest absolute Gasteiger partial charge is 0.127 e. The Morgan fingerprint density at radius 2 is 1.74 bits per heavy atom. The molecule has 2 fully saturated rings. The van der Waals surface area contributed by atoms with Gasteiger partial charge in [-0.05, 0) is 32.3 Å². The highest BCUT2D eigenvalue weighted by Crippen LogP contribution is 2.43. The highest BCUT2D eigenvalue weighted by Gasteiger charge is 2.42. The van der Waals surface area contributed by atoms with Crippen LogP contribution in [0.1, 0.15) is 38.7 Å². The van der Waals surface area contributed by atoms with E-state index in [2.05, 4.69) is 51.2 Å². The number of likely N-dealkylation sites (N-methyl/N-ethyl adjacent to an activating group) is 1. The van der Waals surface area contributed by atoms with E-state index in [4.69, 9.17) is 4.74 Å². The predicted molar refractivity (Wildman–Crippen MR) is 94.2 cm³/mol. The average molecular weight is 319 g/mol. The molecule has 0 aromatic heterocycles. The van der Waals surface area contributed by atoms with E-state index >= 15 is 0 Å². The Balaban J connectivity index is 1.73. The largest absolute Gasteiger partial charge is 0.376 e. The lowest BCUT2D eigenvalue weighted by Crippen LogP contribution is -3.27. The Kier molecular flexibility index (Phi) is 5.10. The summed E-state index contributed by atoms with van der Waals surface area (Å²) in [5.41, 5.74) is 1.82. The number of hydrogen-bond donors (Lipinski definition) is 2. The summed E-state index contributed by atoms with van der Waals surface area (Å²) < 4.78 is 6.04. The summed E-state index contributed by atoms with van der Waals surface area (Å²) in [7, 11) is 2.32. The SMILES string of the molecule is C[NH+]1CC[NH+](CC[C@]2(c3ccccc3)CCOC(C)(C)C2)CC1. The topological polar surface area (TPSA) is 18.1 Å². The first kappa shape index (κ1) is 16.9. The maximum Gasteiger partial charge on any atom is 0.127 e. The zero-order chi connectivity index (χ0) is 16.3. The molecule has 0 unspecified atom stereocenters. The summed E-state index contributed by atoms with van der Waals surface area (Å²) in [5.74, 6) is 0. The van der Waals surface area contributed by atoms with Crippen molar-refractivity contribution in [1.82, 2.24) is 0 Å². The summed E-state index contributed by atoms with van der Waals surface area (Å²) in [5, 5.41) is 0. The monoisotopic (exact) mass is 318 g/mol. The highest BCUT2D eigenvalue weighted by molar-refractivity contribution is 5.27. The first-order valence-electron chi connectivity index (χ1n) is 9.34. The van der Waals surface area contributed by atoms with Gasteiger partial charge in [-0.3, -0.25) is 0 Å². The van der Waals surface area contributed by atoms with Gasteiger partial charge in [0.15, 0.2) is 0 Å². The van der Waals surface area contributed by atoms with Gasteiger partial charge in [0, 0.05) is 18.4 Å². The van der Waals surface area contributed by atoms with Crippen molar-refractivity contribution in [2.45, 2.75) is 44.1 Å². The third-order valence-electron chi connectivity index (χ3n) is 5.99. The molecule has 3 heteroatoms. The molecule has 3 rings (SSSR count). The summed E-state index contributed by atoms with van der Waals surface area (Å²) >= 11 is 0. The van der Waals surface area contributed by atoms with E-state index < -0.39 is 0 Å². The van der Waals surface area contributed by atoms with E-state index in [0.29, 0.717) is 5.41 Å². The van der Waals surface area contributed by atoms with E-state index in [1.807, 2.05) is 0 Å². The lowest BCUT2D eigenvalue weighted by Gasteiger charge is -2.46. The van der Waals surface area contributed by atoms with E-state index in [1.165, 1.54) is 51.1 Å². The fourth-order valence-corrected chi connectivity index (χ4v) is 4.57. The molecule has 0 spiro atoms. The van der Waals surface area contributed by atoms with Crippen LogP contribution in [0.15, 0.2) is 30.3 Å². The molecule has 3 nitrogen and oxygen atoms in total. The van der Waals surface area contributed by atoms with Crippen molar-refractivity contribution in [1.29, 1.82) is 0 Å². The minimum absolute atomic E-state index is 0.00428. The molecule has 2 saturated heterocycles. The van der Waals surface area contributed by atoms with Crippen LogP contribution in [0.25, 0.3) is 0 Å². The minimum atomic E-state index is -0.00428. The Labute approximate surface area is 141 Å². The number of benzene rings is 1. The van der Waals surface area contributed by atoms with Crippen LogP contribution in [-0.4, -0.2) is 52.0 Å². The van der Waals surface area contributed by atoms with Gasteiger partial charge < -0.3 is 14.5 Å². The molecule has 0 radical (unpaired) electrons. The van der Waals surface area contributed by atoms with Crippen LogP contribution in [0.5, 0.6) is 0 Å². The molecular weight excluding hydrogens is 284 g/mol. The van der Waals surface area contributed by atoms with Crippen molar-refractivity contribution >= 4 is 0 Å². The molecule has 1 aromatic rings. The average Bonchev–Trinajstić information content (AvgIpc) is 2.54. The van der Waals surface area contributed by atoms with E-state index in [9.17, 15) is 0 Å². The van der Waals surface area contributed by atoms with Gasteiger partial charge in [0.05, 0.1) is 19.2 Å². The molecule has 1 atom stereocenters. The number of piperazine rings is 1. The standard InChI is InChI=1S/C20H32N2O/c1-19(2)17-20(10-16-23-19,18-7-5-4-6-8-18)9-11-22-14-12-21(3)13-15-22/h4-8H,9-17H2,1-3H3/p+2/t20-/m0/s1. The molecule has 2 aliphatic rings. The molecule has 2 aliphatic heterocycles. The molecule has 128 valence electrons. The van der Waals surface area contributed by atoms with Crippen molar-refractivity contribution in [3.8, 4) is 0 Å². The van der Waals surface area contributed by atoms with Crippen LogP contribution in [0, 0.1) is 0 Å². The van der Waals surface area contributed by atoms with Crippen LogP contribution in [-0.2, 0) is 10.2 Å². The quantitative estimate of drug-likeness (QED) is 0.818. The van der Waals surface area contributed by atoms with Gasteiger partial charge in [-0.15, -0.1) is 0 Å². The van der Waals surface area contributed by atoms with Crippen molar-refractivity contribution < 1.29 is 14.5 Å². The number of nitrogens with one attached hydrogen (secondary N) is 2. The fourth-order valence-electron chi connectivity index (χ4n) is 4.57. The van der Waals surface area contributed by atoms with Gasteiger partial charge in [0.25, 0.3) is 0 Å². The fraction of sp³-hybridized carbons (Fsp3) is 0.700. The van der Waals surface area contributed by atoms with Crippen molar-refractivity contribution in [2.24, 2.45) is 0 Å². The molecule has 2 heterocycles. The third-order valence-corrected chi connectivity index (χ3v) is 5.99. The van der Waals surface area contributed by atoms with Crippen LogP contribution >= 0.6 is 0 Å². The normalized spacial score (nSPS) is 34.2. The van der Waals surface area contributed by atoms with E-state index in [-0.39, 0.29) is 5.60 Å². The van der Waals surface area contributed by atoms with Crippen LogP contribution in [0.4, 0.5) is 0 Å². The summed E-state index contributed by atoms with van der Waals surface area (Å²) in [6.45, 7) is 12.0.